The molecule has 2 bridgehead atoms. The van der Waals surface area contributed by atoms with Gasteiger partial charge in [0.25, 0.3) is 0 Å². The molecule has 2 saturated carbocycles. The molecule has 2 unspecified atom stereocenters. The molecular weight excluding hydrogens is 350 g/mol. The minimum Gasteiger partial charge on any atom is -0.393 e. The van der Waals surface area contributed by atoms with Crippen LogP contribution in [-0.4, -0.2) is 41.1 Å². The van der Waals surface area contributed by atoms with Gasteiger partial charge in [-0.25, -0.2) is 0 Å². The highest BCUT2D eigenvalue weighted by Crippen LogP contribution is 2.41. The summed E-state index contributed by atoms with van der Waals surface area (Å²) in [7, 11) is 0. The molecule has 4 rings (SSSR count). The topological polar surface area (TPSA) is 78.6 Å². The van der Waals surface area contributed by atoms with Gasteiger partial charge in [-0.15, -0.1) is 0 Å². The number of hydrogen-bond acceptors (Lipinski definition) is 4. The highest BCUT2D eigenvalue weighted by molar-refractivity contribution is 5.78. The first-order chi connectivity index (χ1) is 13.6. The predicted molar refractivity (Wildman–Crippen MR) is 110 cm³/mol. The number of hydrogen-bond donors (Lipinski definition) is 3. The van der Waals surface area contributed by atoms with Gasteiger partial charge in [0.15, 0.2) is 0 Å². The fourth-order valence-electron chi connectivity index (χ4n) is 5.53. The zero-order valence-corrected chi connectivity index (χ0v) is 16.9. The Morgan fingerprint density at radius 3 is 2.39 bits per heavy atom. The number of piperidine rings is 1. The maximum Gasteiger partial charge on any atom is 0.223 e. The SMILES string of the molecule is NC1C2CCCC1CC(C(=O)NCc1ccccc1CN1CCC(O)CC1)C2. The molecule has 3 fully saturated rings. The smallest absolute Gasteiger partial charge is 0.223 e. The summed E-state index contributed by atoms with van der Waals surface area (Å²) in [5.74, 6) is 1.40. The summed E-state index contributed by atoms with van der Waals surface area (Å²) >= 11 is 0. The van der Waals surface area contributed by atoms with Crippen molar-refractivity contribution in [1.29, 1.82) is 0 Å². The minimum absolute atomic E-state index is 0.130. The molecule has 1 saturated heterocycles. The van der Waals surface area contributed by atoms with E-state index in [1.807, 2.05) is 0 Å². The van der Waals surface area contributed by atoms with Crippen LogP contribution >= 0.6 is 0 Å². The monoisotopic (exact) mass is 385 g/mol. The van der Waals surface area contributed by atoms with Crippen molar-refractivity contribution in [3.63, 3.8) is 0 Å². The predicted octanol–water partition coefficient (Wildman–Crippen LogP) is 2.41. The molecule has 2 aliphatic carbocycles. The van der Waals surface area contributed by atoms with Crippen LogP contribution in [0.25, 0.3) is 0 Å². The molecule has 28 heavy (non-hydrogen) atoms. The normalized spacial score (nSPS) is 31.5. The number of carbonyl (C=O) groups excluding carboxylic acids is 1. The average Bonchev–Trinajstić information content (AvgIpc) is 2.68. The van der Waals surface area contributed by atoms with E-state index >= 15 is 0 Å². The Hall–Kier alpha value is -1.43. The summed E-state index contributed by atoms with van der Waals surface area (Å²) in [5.41, 5.74) is 8.86. The molecule has 3 aliphatic rings. The van der Waals surface area contributed by atoms with Crippen LogP contribution in [0.15, 0.2) is 24.3 Å². The largest absolute Gasteiger partial charge is 0.393 e. The van der Waals surface area contributed by atoms with E-state index in [2.05, 4.69) is 34.5 Å². The Morgan fingerprint density at radius 2 is 1.71 bits per heavy atom. The van der Waals surface area contributed by atoms with Crippen LogP contribution < -0.4 is 11.1 Å². The number of aliphatic hydroxyl groups is 1. The molecule has 154 valence electrons. The van der Waals surface area contributed by atoms with Crippen LogP contribution in [0, 0.1) is 17.8 Å². The van der Waals surface area contributed by atoms with E-state index in [4.69, 9.17) is 5.73 Å². The van der Waals surface area contributed by atoms with Crippen molar-refractivity contribution in [2.24, 2.45) is 23.5 Å². The molecule has 2 atom stereocenters. The molecule has 5 nitrogen and oxygen atoms in total. The number of nitrogens with one attached hydrogen (secondary N) is 1. The van der Waals surface area contributed by atoms with Crippen LogP contribution in [0.5, 0.6) is 0 Å². The zero-order chi connectivity index (χ0) is 19.5. The number of amides is 1. The Balaban J connectivity index is 1.33. The lowest BCUT2D eigenvalue weighted by Crippen LogP contribution is -2.49. The number of aliphatic hydroxyl groups excluding tert-OH is 1. The van der Waals surface area contributed by atoms with Crippen LogP contribution in [0.3, 0.4) is 0 Å². The first-order valence-electron chi connectivity index (χ1n) is 11.1. The quantitative estimate of drug-likeness (QED) is 0.727. The third-order valence-corrected chi connectivity index (χ3v) is 7.31. The molecule has 1 heterocycles. The first kappa shape index (κ1) is 19.9. The van der Waals surface area contributed by atoms with Gasteiger partial charge >= 0.3 is 0 Å². The number of carbonyl (C=O) groups is 1. The lowest BCUT2D eigenvalue weighted by molar-refractivity contribution is -0.128. The molecule has 4 N–H and O–H groups in total. The maximum atomic E-state index is 12.9. The second-order valence-corrected chi connectivity index (χ2v) is 9.19. The fraction of sp³-hybridized carbons (Fsp3) is 0.696. The van der Waals surface area contributed by atoms with Crippen molar-refractivity contribution in [3.8, 4) is 0 Å². The minimum atomic E-state index is -0.145. The molecule has 1 amide bonds. The van der Waals surface area contributed by atoms with Crippen LogP contribution in [-0.2, 0) is 17.9 Å². The van der Waals surface area contributed by atoms with Crippen molar-refractivity contribution < 1.29 is 9.90 Å². The lowest BCUT2D eigenvalue weighted by Gasteiger charge is -2.43. The average molecular weight is 386 g/mol. The van der Waals surface area contributed by atoms with E-state index in [1.54, 1.807) is 0 Å². The van der Waals surface area contributed by atoms with Crippen molar-refractivity contribution >= 4 is 5.91 Å². The molecule has 5 heteroatoms. The van der Waals surface area contributed by atoms with Crippen molar-refractivity contribution in [1.82, 2.24) is 10.2 Å². The van der Waals surface area contributed by atoms with Crippen molar-refractivity contribution in [3.05, 3.63) is 35.4 Å². The number of rotatable bonds is 5. The van der Waals surface area contributed by atoms with Gasteiger partial charge in [0.1, 0.15) is 0 Å². The van der Waals surface area contributed by atoms with Gasteiger partial charge in [-0.1, -0.05) is 30.7 Å². The van der Waals surface area contributed by atoms with E-state index in [-0.39, 0.29) is 17.9 Å². The molecule has 0 aromatic heterocycles. The van der Waals surface area contributed by atoms with Gasteiger partial charge in [-0.05, 0) is 61.5 Å². The van der Waals surface area contributed by atoms with Gasteiger partial charge in [0.05, 0.1) is 6.10 Å². The van der Waals surface area contributed by atoms with E-state index < -0.39 is 0 Å². The van der Waals surface area contributed by atoms with E-state index in [0.29, 0.717) is 24.4 Å². The summed E-state index contributed by atoms with van der Waals surface area (Å²) in [6, 6.07) is 8.72. The summed E-state index contributed by atoms with van der Waals surface area (Å²) < 4.78 is 0. The highest BCUT2D eigenvalue weighted by Gasteiger charge is 2.40. The van der Waals surface area contributed by atoms with Gasteiger partial charge in [-0.3, -0.25) is 9.69 Å². The fourth-order valence-corrected chi connectivity index (χ4v) is 5.53. The molecule has 1 aliphatic heterocycles. The third-order valence-electron chi connectivity index (χ3n) is 7.31. The highest BCUT2D eigenvalue weighted by atomic mass is 16.3. The molecule has 0 spiro atoms. The molecule has 1 aromatic rings. The second kappa shape index (κ2) is 8.93. The number of fused-ring (bicyclic) bond motifs is 2. The Labute approximate surface area is 168 Å². The van der Waals surface area contributed by atoms with E-state index in [9.17, 15) is 9.90 Å². The van der Waals surface area contributed by atoms with Gasteiger partial charge in [-0.2, -0.15) is 0 Å². The Kier molecular flexibility index (Phi) is 6.34. The summed E-state index contributed by atoms with van der Waals surface area (Å²) in [6.07, 6.45) is 7.13. The van der Waals surface area contributed by atoms with E-state index in [0.717, 1.165) is 45.3 Å². The van der Waals surface area contributed by atoms with Crippen LogP contribution in [0.1, 0.15) is 56.1 Å². The van der Waals surface area contributed by atoms with Crippen LogP contribution in [0.4, 0.5) is 0 Å². The number of benzene rings is 1. The van der Waals surface area contributed by atoms with Gasteiger partial charge in [0.2, 0.25) is 5.91 Å². The van der Waals surface area contributed by atoms with Crippen molar-refractivity contribution in [2.45, 2.75) is 70.2 Å². The summed E-state index contributed by atoms with van der Waals surface area (Å²) in [6.45, 7) is 3.37. The number of nitrogens with zero attached hydrogens (tertiary/aromatic N) is 1. The van der Waals surface area contributed by atoms with E-state index in [1.165, 1.54) is 30.4 Å². The maximum absolute atomic E-state index is 12.9. The Morgan fingerprint density at radius 1 is 1.07 bits per heavy atom. The lowest BCUT2D eigenvalue weighted by atomic mass is 9.65. The molecule has 1 aromatic carbocycles. The Bertz CT molecular complexity index is 658. The zero-order valence-electron chi connectivity index (χ0n) is 16.9. The number of likely N-dealkylation sites (tertiary alicyclic amines) is 1. The third kappa shape index (κ3) is 4.58. The summed E-state index contributed by atoms with van der Waals surface area (Å²) in [4.78, 5) is 15.3. The number of nitrogens with two attached hydrogens (primary N) is 1. The van der Waals surface area contributed by atoms with Crippen LogP contribution in [0.2, 0.25) is 0 Å². The second-order valence-electron chi connectivity index (χ2n) is 9.19. The van der Waals surface area contributed by atoms with Crippen molar-refractivity contribution in [2.75, 3.05) is 13.1 Å². The molecule has 0 radical (unpaired) electrons. The standard InChI is InChI=1S/C23H35N3O2/c24-22-16-6-3-7-17(22)13-20(12-16)23(28)25-14-18-4-1-2-5-19(18)15-26-10-8-21(27)9-11-26/h1-2,4-5,16-17,20-22,27H,3,6-15,24H2,(H,25,28). The van der Waals surface area contributed by atoms with Gasteiger partial charge < -0.3 is 16.2 Å². The summed E-state index contributed by atoms with van der Waals surface area (Å²) in [5, 5.41) is 12.9. The van der Waals surface area contributed by atoms with Gasteiger partial charge in [0, 0.05) is 38.1 Å². The first-order valence-corrected chi connectivity index (χ1v) is 11.1. The molecular formula is C23H35N3O2.